The zero-order valence-electron chi connectivity index (χ0n) is 12.4. The van der Waals surface area contributed by atoms with Gasteiger partial charge in [-0.15, -0.1) is 0 Å². The van der Waals surface area contributed by atoms with Crippen molar-refractivity contribution >= 4 is 34.8 Å². The lowest BCUT2D eigenvalue weighted by Crippen LogP contribution is -2.27. The van der Waals surface area contributed by atoms with Crippen LogP contribution in [0.1, 0.15) is 38.5 Å². The van der Waals surface area contributed by atoms with Gasteiger partial charge in [-0.05, 0) is 37.0 Å². The Balaban J connectivity index is 1.87. The lowest BCUT2D eigenvalue weighted by atomic mass is 10.0. The van der Waals surface area contributed by atoms with Crippen molar-refractivity contribution < 1.29 is 0 Å². The molecule has 118 valence electrons. The molecule has 0 saturated heterocycles. The summed E-state index contributed by atoms with van der Waals surface area (Å²) >= 11 is 11.9. The van der Waals surface area contributed by atoms with E-state index in [1.807, 2.05) is 6.19 Å². The number of benzene rings is 1. The molecule has 4 nitrogen and oxygen atoms in total. The summed E-state index contributed by atoms with van der Waals surface area (Å²) in [7, 11) is 0. The molecule has 0 heterocycles. The fraction of sp³-hybridized carbons (Fsp3) is 0.500. The topological polar surface area (TPSA) is 60.2 Å². The highest BCUT2D eigenvalue weighted by atomic mass is 35.5. The first-order valence-electron chi connectivity index (χ1n) is 7.60. The minimum atomic E-state index is 0.423. The van der Waals surface area contributed by atoms with Gasteiger partial charge in [0.1, 0.15) is 0 Å². The summed E-state index contributed by atoms with van der Waals surface area (Å²) in [6, 6.07) is 5.13. The van der Waals surface area contributed by atoms with E-state index in [4.69, 9.17) is 28.5 Å². The molecule has 0 aliphatic heterocycles. The third kappa shape index (κ3) is 5.75. The minimum absolute atomic E-state index is 0.423. The van der Waals surface area contributed by atoms with Gasteiger partial charge in [-0.25, -0.2) is 0 Å². The molecule has 2 rings (SSSR count). The molecule has 1 saturated carbocycles. The van der Waals surface area contributed by atoms with Gasteiger partial charge in [-0.1, -0.05) is 48.9 Å². The van der Waals surface area contributed by atoms with Gasteiger partial charge in [0.15, 0.2) is 6.19 Å². The number of hydrogen-bond donors (Lipinski definition) is 2. The van der Waals surface area contributed by atoms with Gasteiger partial charge in [0, 0.05) is 22.3 Å². The number of halogens is 2. The quantitative estimate of drug-likeness (QED) is 0.266. The van der Waals surface area contributed by atoms with Crippen LogP contribution in [0.15, 0.2) is 23.2 Å². The van der Waals surface area contributed by atoms with Crippen LogP contribution in [0.25, 0.3) is 0 Å². The van der Waals surface area contributed by atoms with Crippen LogP contribution < -0.4 is 10.6 Å². The maximum atomic E-state index is 8.82. The molecule has 0 spiro atoms. The molecule has 1 fully saturated rings. The molecule has 1 aliphatic carbocycles. The van der Waals surface area contributed by atoms with E-state index in [-0.39, 0.29) is 0 Å². The normalized spacial score (nSPS) is 15.6. The van der Waals surface area contributed by atoms with Crippen molar-refractivity contribution in [2.75, 3.05) is 11.9 Å². The van der Waals surface area contributed by atoms with Crippen LogP contribution in [-0.2, 0) is 0 Å². The Morgan fingerprint density at radius 1 is 1.23 bits per heavy atom. The zero-order chi connectivity index (χ0) is 15.8. The summed E-state index contributed by atoms with van der Waals surface area (Å²) in [4.78, 5) is 4.41. The third-order valence-electron chi connectivity index (χ3n) is 3.81. The van der Waals surface area contributed by atoms with Crippen molar-refractivity contribution in [3.05, 3.63) is 28.2 Å². The maximum absolute atomic E-state index is 8.82. The number of rotatable bonds is 5. The van der Waals surface area contributed by atoms with Gasteiger partial charge in [0.2, 0.25) is 5.96 Å². The van der Waals surface area contributed by atoms with Gasteiger partial charge in [-0.3, -0.25) is 10.3 Å². The van der Waals surface area contributed by atoms with Crippen molar-refractivity contribution in [1.82, 2.24) is 5.32 Å². The Bertz CT molecular complexity index is 540. The molecule has 0 aromatic heterocycles. The number of hydrogen-bond acceptors (Lipinski definition) is 2. The lowest BCUT2D eigenvalue weighted by Gasteiger charge is -2.10. The number of aliphatic imine (C=N–C) groups is 1. The molecule has 0 unspecified atom stereocenters. The molecule has 0 radical (unpaired) electrons. The van der Waals surface area contributed by atoms with E-state index in [1.165, 1.54) is 32.1 Å². The largest absolute Gasteiger partial charge is 0.325 e. The monoisotopic (exact) mass is 338 g/mol. The summed E-state index contributed by atoms with van der Waals surface area (Å²) in [6.45, 7) is 0.696. The SMILES string of the molecule is N#CN/C(=N\CCCC1CCCC1)Nc1cc(Cl)cc(Cl)c1. The fourth-order valence-electron chi connectivity index (χ4n) is 2.80. The first-order valence-corrected chi connectivity index (χ1v) is 8.35. The van der Waals surface area contributed by atoms with E-state index in [0.717, 1.165) is 12.3 Å². The smallest absolute Gasteiger partial charge is 0.209 e. The molecule has 0 bridgehead atoms. The molecular weight excluding hydrogens is 319 g/mol. The Morgan fingerprint density at radius 3 is 2.55 bits per heavy atom. The predicted octanol–water partition coefficient (Wildman–Crippen LogP) is 4.80. The van der Waals surface area contributed by atoms with Crippen molar-refractivity contribution in [3.8, 4) is 6.19 Å². The predicted molar refractivity (Wildman–Crippen MR) is 92.3 cm³/mol. The van der Waals surface area contributed by atoms with Crippen LogP contribution in [0, 0.1) is 17.4 Å². The second-order valence-corrected chi connectivity index (χ2v) is 6.42. The Morgan fingerprint density at radius 2 is 1.91 bits per heavy atom. The van der Waals surface area contributed by atoms with E-state index in [2.05, 4.69) is 15.6 Å². The number of anilines is 1. The van der Waals surface area contributed by atoms with E-state index in [0.29, 0.717) is 28.2 Å². The first-order chi connectivity index (χ1) is 10.7. The highest BCUT2D eigenvalue weighted by Gasteiger charge is 2.13. The zero-order valence-corrected chi connectivity index (χ0v) is 13.9. The van der Waals surface area contributed by atoms with Crippen molar-refractivity contribution in [3.63, 3.8) is 0 Å². The molecule has 6 heteroatoms. The molecule has 2 N–H and O–H groups in total. The van der Waals surface area contributed by atoms with Gasteiger partial charge < -0.3 is 5.32 Å². The van der Waals surface area contributed by atoms with Gasteiger partial charge in [0.25, 0.3) is 0 Å². The summed E-state index contributed by atoms with van der Waals surface area (Å²) in [5.41, 5.74) is 0.704. The third-order valence-corrected chi connectivity index (χ3v) is 4.25. The van der Waals surface area contributed by atoms with Crippen molar-refractivity contribution in [2.45, 2.75) is 38.5 Å². The highest BCUT2D eigenvalue weighted by molar-refractivity contribution is 6.35. The van der Waals surface area contributed by atoms with E-state index >= 15 is 0 Å². The van der Waals surface area contributed by atoms with Crippen LogP contribution in [0.4, 0.5) is 5.69 Å². The molecular formula is C16H20Cl2N4. The second kappa shape index (κ2) is 8.87. The molecule has 22 heavy (non-hydrogen) atoms. The molecule has 1 aromatic rings. The van der Waals surface area contributed by atoms with Crippen LogP contribution in [0.3, 0.4) is 0 Å². The van der Waals surface area contributed by atoms with E-state index in [1.54, 1.807) is 18.2 Å². The van der Waals surface area contributed by atoms with Crippen LogP contribution in [-0.4, -0.2) is 12.5 Å². The van der Waals surface area contributed by atoms with Crippen molar-refractivity contribution in [2.24, 2.45) is 10.9 Å². The average molecular weight is 339 g/mol. The Kier molecular flexibility index (Phi) is 6.82. The average Bonchev–Trinajstić information content (AvgIpc) is 2.96. The van der Waals surface area contributed by atoms with Crippen molar-refractivity contribution in [1.29, 1.82) is 5.26 Å². The summed E-state index contributed by atoms with van der Waals surface area (Å²) < 4.78 is 0. The number of guanidine groups is 1. The second-order valence-electron chi connectivity index (χ2n) is 5.54. The van der Waals surface area contributed by atoms with E-state index < -0.39 is 0 Å². The van der Waals surface area contributed by atoms with Gasteiger partial charge in [-0.2, -0.15) is 5.26 Å². The number of nitrogens with one attached hydrogen (secondary N) is 2. The molecule has 0 amide bonds. The number of nitriles is 1. The standard InChI is InChI=1S/C16H20Cl2N4/c17-13-8-14(18)10-15(9-13)22-16(21-11-19)20-7-3-6-12-4-1-2-5-12/h8-10,12H,1-7H2,(H2,20,21,22). The summed E-state index contributed by atoms with van der Waals surface area (Å²) in [5.74, 6) is 1.29. The van der Waals surface area contributed by atoms with E-state index in [9.17, 15) is 0 Å². The van der Waals surface area contributed by atoms with Crippen LogP contribution in [0.2, 0.25) is 10.0 Å². The maximum Gasteiger partial charge on any atom is 0.209 e. The van der Waals surface area contributed by atoms with Gasteiger partial charge in [0.05, 0.1) is 0 Å². The van der Waals surface area contributed by atoms with Gasteiger partial charge >= 0.3 is 0 Å². The number of nitrogens with zero attached hydrogens (tertiary/aromatic N) is 2. The molecule has 1 aromatic carbocycles. The highest BCUT2D eigenvalue weighted by Crippen LogP contribution is 2.28. The molecule has 0 atom stereocenters. The Labute approximate surface area is 141 Å². The lowest BCUT2D eigenvalue weighted by molar-refractivity contribution is 0.488. The first kappa shape index (κ1) is 16.9. The summed E-state index contributed by atoms with van der Waals surface area (Å²) in [5, 5.41) is 15.5. The molecule has 1 aliphatic rings. The Hall–Kier alpha value is -1.44. The fourth-order valence-corrected chi connectivity index (χ4v) is 3.32. The van der Waals surface area contributed by atoms with Crippen LogP contribution in [0.5, 0.6) is 0 Å². The summed E-state index contributed by atoms with van der Waals surface area (Å²) in [6.07, 6.45) is 9.59. The van der Waals surface area contributed by atoms with Crippen LogP contribution >= 0.6 is 23.2 Å². The minimum Gasteiger partial charge on any atom is -0.325 e.